The molecular weight excluding hydrogens is 260 g/mol. The van der Waals surface area contributed by atoms with E-state index in [0.717, 1.165) is 27.6 Å². The van der Waals surface area contributed by atoms with Gasteiger partial charge < -0.3 is 9.84 Å². The normalized spacial score (nSPS) is 12.7. The van der Waals surface area contributed by atoms with Gasteiger partial charge in [0.15, 0.2) is 0 Å². The number of ether oxygens (including phenoxy) is 1. The summed E-state index contributed by atoms with van der Waals surface area (Å²) in [7, 11) is 1.68. The molecule has 2 aromatic carbocycles. The zero-order valence-electron chi connectivity index (χ0n) is 14.2. The fourth-order valence-electron chi connectivity index (χ4n) is 2.79. The molecule has 0 fully saturated rings. The van der Waals surface area contributed by atoms with Gasteiger partial charge in [-0.05, 0) is 22.5 Å². The van der Waals surface area contributed by atoms with Gasteiger partial charge in [0.25, 0.3) is 0 Å². The van der Waals surface area contributed by atoms with Crippen molar-refractivity contribution in [1.82, 2.24) is 0 Å². The average molecular weight is 286 g/mol. The summed E-state index contributed by atoms with van der Waals surface area (Å²) in [6.45, 7) is 12.8. The van der Waals surface area contributed by atoms with Crippen molar-refractivity contribution in [3.8, 4) is 11.5 Å². The van der Waals surface area contributed by atoms with E-state index >= 15 is 0 Å². The maximum Gasteiger partial charge on any atom is 0.127 e. The number of fused-ring (bicyclic) bond motifs is 1. The summed E-state index contributed by atoms with van der Waals surface area (Å²) < 4.78 is 5.57. The molecule has 0 heterocycles. The zero-order chi connectivity index (χ0) is 16.0. The minimum Gasteiger partial charge on any atom is -0.507 e. The largest absolute Gasteiger partial charge is 0.507 e. The third kappa shape index (κ3) is 2.72. The molecule has 2 aromatic rings. The second-order valence-corrected chi connectivity index (χ2v) is 7.70. The van der Waals surface area contributed by atoms with E-state index in [4.69, 9.17) is 4.74 Å². The van der Waals surface area contributed by atoms with Crippen LogP contribution in [0, 0.1) is 0 Å². The fourth-order valence-corrected chi connectivity index (χ4v) is 2.79. The van der Waals surface area contributed by atoms with E-state index in [2.05, 4.69) is 47.6 Å². The van der Waals surface area contributed by atoms with Crippen LogP contribution in [0.1, 0.15) is 52.7 Å². The number of rotatable bonds is 1. The Morgan fingerprint density at radius 2 is 1.48 bits per heavy atom. The highest BCUT2D eigenvalue weighted by Gasteiger charge is 2.26. The molecule has 0 amide bonds. The highest BCUT2D eigenvalue weighted by Crippen LogP contribution is 2.45. The molecule has 0 aromatic heterocycles. The van der Waals surface area contributed by atoms with E-state index in [0.29, 0.717) is 5.75 Å². The number of hydrogen-bond acceptors (Lipinski definition) is 2. The molecule has 0 aliphatic rings. The Morgan fingerprint density at radius 1 is 0.905 bits per heavy atom. The smallest absolute Gasteiger partial charge is 0.127 e. The number of phenols is 1. The summed E-state index contributed by atoms with van der Waals surface area (Å²) in [5.74, 6) is 1.20. The lowest BCUT2D eigenvalue weighted by molar-refractivity contribution is 0.412. The maximum atomic E-state index is 10.9. The number of benzene rings is 2. The Bertz CT molecular complexity index is 670. The average Bonchev–Trinajstić information content (AvgIpc) is 2.36. The molecule has 0 aliphatic heterocycles. The van der Waals surface area contributed by atoms with Gasteiger partial charge in [-0.3, -0.25) is 0 Å². The van der Waals surface area contributed by atoms with Gasteiger partial charge in [0, 0.05) is 16.3 Å². The van der Waals surface area contributed by atoms with Crippen LogP contribution in [-0.4, -0.2) is 12.2 Å². The molecule has 0 saturated carbocycles. The Balaban J connectivity index is 2.99. The van der Waals surface area contributed by atoms with Crippen LogP contribution in [-0.2, 0) is 10.8 Å². The summed E-state index contributed by atoms with van der Waals surface area (Å²) in [4.78, 5) is 0. The summed E-state index contributed by atoms with van der Waals surface area (Å²) in [5, 5.41) is 12.8. The lowest BCUT2D eigenvalue weighted by atomic mass is 9.79. The van der Waals surface area contributed by atoms with E-state index in [-0.39, 0.29) is 10.8 Å². The van der Waals surface area contributed by atoms with Crippen molar-refractivity contribution in [3.05, 3.63) is 35.4 Å². The molecule has 0 aliphatic carbocycles. The predicted molar refractivity (Wildman–Crippen MR) is 89.6 cm³/mol. The van der Waals surface area contributed by atoms with Crippen LogP contribution in [0.3, 0.4) is 0 Å². The minimum atomic E-state index is -0.142. The maximum absolute atomic E-state index is 10.9. The van der Waals surface area contributed by atoms with E-state index in [1.807, 2.05) is 18.2 Å². The standard InChI is InChI=1S/C19H26O2/c1-18(2,3)13-10-8-9-12-15(21-7)11-14(19(4,5)6)17(20)16(12)13/h8-11,20H,1-7H3. The Hall–Kier alpha value is -1.70. The van der Waals surface area contributed by atoms with Gasteiger partial charge in [0.2, 0.25) is 0 Å². The van der Waals surface area contributed by atoms with Crippen molar-refractivity contribution in [3.63, 3.8) is 0 Å². The van der Waals surface area contributed by atoms with E-state index < -0.39 is 0 Å². The quantitative estimate of drug-likeness (QED) is 0.785. The van der Waals surface area contributed by atoms with Crippen LogP contribution in [0.15, 0.2) is 24.3 Å². The van der Waals surface area contributed by atoms with Crippen LogP contribution in [0.4, 0.5) is 0 Å². The van der Waals surface area contributed by atoms with Crippen molar-refractivity contribution < 1.29 is 9.84 Å². The summed E-state index contributed by atoms with van der Waals surface area (Å²) in [6, 6.07) is 8.09. The second-order valence-electron chi connectivity index (χ2n) is 7.70. The minimum absolute atomic E-state index is 0.0431. The Morgan fingerprint density at radius 3 is 1.95 bits per heavy atom. The van der Waals surface area contributed by atoms with Gasteiger partial charge in [-0.1, -0.05) is 59.7 Å². The van der Waals surface area contributed by atoms with Crippen LogP contribution in [0.5, 0.6) is 11.5 Å². The molecule has 0 spiro atoms. The highest BCUT2D eigenvalue weighted by molar-refractivity contribution is 5.97. The second kappa shape index (κ2) is 4.94. The first-order chi connectivity index (χ1) is 9.57. The first-order valence-corrected chi connectivity index (χ1v) is 7.41. The van der Waals surface area contributed by atoms with Crippen LogP contribution >= 0.6 is 0 Å². The molecule has 2 nitrogen and oxygen atoms in total. The molecular formula is C19H26O2. The third-order valence-electron chi connectivity index (χ3n) is 3.93. The molecule has 0 bridgehead atoms. The number of hydrogen-bond donors (Lipinski definition) is 1. The van der Waals surface area contributed by atoms with Gasteiger partial charge in [0.1, 0.15) is 11.5 Å². The van der Waals surface area contributed by atoms with Gasteiger partial charge in [-0.2, -0.15) is 0 Å². The fraction of sp³-hybridized carbons (Fsp3) is 0.474. The van der Waals surface area contributed by atoms with Crippen LogP contribution < -0.4 is 4.74 Å². The topological polar surface area (TPSA) is 29.5 Å². The summed E-state index contributed by atoms with van der Waals surface area (Å²) >= 11 is 0. The molecule has 0 atom stereocenters. The number of methoxy groups -OCH3 is 1. The summed E-state index contributed by atoms with van der Waals surface area (Å²) in [5.41, 5.74) is 1.88. The van der Waals surface area contributed by atoms with Crippen molar-refractivity contribution in [2.45, 2.75) is 52.4 Å². The SMILES string of the molecule is COc1cc(C(C)(C)C)c(O)c2c(C(C)(C)C)cccc12. The van der Waals surface area contributed by atoms with Crippen LogP contribution in [0.2, 0.25) is 0 Å². The first-order valence-electron chi connectivity index (χ1n) is 7.41. The third-order valence-corrected chi connectivity index (χ3v) is 3.93. The molecule has 0 saturated heterocycles. The van der Waals surface area contributed by atoms with Crippen molar-refractivity contribution in [2.24, 2.45) is 0 Å². The van der Waals surface area contributed by atoms with Gasteiger partial charge in [-0.15, -0.1) is 0 Å². The molecule has 0 radical (unpaired) electrons. The van der Waals surface area contributed by atoms with E-state index in [1.165, 1.54) is 0 Å². The molecule has 2 rings (SSSR count). The Labute approximate surface area is 127 Å². The van der Waals surface area contributed by atoms with Crippen molar-refractivity contribution in [2.75, 3.05) is 7.11 Å². The van der Waals surface area contributed by atoms with Gasteiger partial charge in [-0.25, -0.2) is 0 Å². The molecule has 1 N–H and O–H groups in total. The Kier molecular flexibility index (Phi) is 3.69. The predicted octanol–water partition coefficient (Wildman–Crippen LogP) is 5.15. The molecule has 2 heteroatoms. The molecule has 114 valence electrons. The van der Waals surface area contributed by atoms with Crippen molar-refractivity contribution >= 4 is 10.8 Å². The van der Waals surface area contributed by atoms with Gasteiger partial charge >= 0.3 is 0 Å². The van der Waals surface area contributed by atoms with Crippen LogP contribution in [0.25, 0.3) is 10.8 Å². The first kappa shape index (κ1) is 15.7. The van der Waals surface area contributed by atoms with E-state index in [9.17, 15) is 5.11 Å². The molecule has 21 heavy (non-hydrogen) atoms. The number of aromatic hydroxyl groups is 1. The lowest BCUT2D eigenvalue weighted by Gasteiger charge is -2.27. The highest BCUT2D eigenvalue weighted by atomic mass is 16.5. The summed E-state index contributed by atoms with van der Waals surface area (Å²) in [6.07, 6.45) is 0. The molecule has 0 unspecified atom stereocenters. The monoisotopic (exact) mass is 286 g/mol. The number of phenolic OH excluding ortho intramolecular Hbond substituents is 1. The van der Waals surface area contributed by atoms with E-state index in [1.54, 1.807) is 7.11 Å². The van der Waals surface area contributed by atoms with Crippen molar-refractivity contribution in [1.29, 1.82) is 0 Å². The van der Waals surface area contributed by atoms with Gasteiger partial charge in [0.05, 0.1) is 7.11 Å². The lowest BCUT2D eigenvalue weighted by Crippen LogP contribution is -2.15. The zero-order valence-corrected chi connectivity index (χ0v) is 14.2.